The fourth-order valence-corrected chi connectivity index (χ4v) is 1.76. The summed E-state index contributed by atoms with van der Waals surface area (Å²) in [5, 5.41) is 22.3. The number of hydrazone groups is 1. The molecule has 120 valence electrons. The first kappa shape index (κ1) is 16.1. The quantitative estimate of drug-likeness (QED) is 0.476. The fraction of sp³-hybridized carbons (Fsp3) is 0.231. The number of aromatic nitrogens is 3. The maximum absolute atomic E-state index is 11.4. The number of aromatic amines is 1. The van der Waals surface area contributed by atoms with E-state index in [4.69, 9.17) is 0 Å². The number of hydrogen-bond donors (Lipinski definition) is 2. The molecule has 2 rings (SSSR count). The van der Waals surface area contributed by atoms with Gasteiger partial charge in [-0.2, -0.15) is 5.10 Å². The smallest absolute Gasteiger partial charge is 0.293 e. The number of nitro groups is 1. The number of nitrogens with zero attached hydrogens (tertiary/aromatic N) is 5. The Labute approximate surface area is 131 Å². The molecule has 1 aromatic heterocycles. The minimum Gasteiger partial charge on any atom is -0.372 e. The number of nitrogens with one attached hydrogen (secondary N) is 2. The van der Waals surface area contributed by atoms with Gasteiger partial charge in [-0.25, -0.2) is 5.43 Å². The van der Waals surface area contributed by atoms with Crippen LogP contribution in [0.4, 0.5) is 17.3 Å². The summed E-state index contributed by atoms with van der Waals surface area (Å²) in [7, 11) is 3.45. The van der Waals surface area contributed by atoms with Gasteiger partial charge in [-0.1, -0.05) is 6.07 Å². The highest BCUT2D eigenvalue weighted by atomic mass is 16.6. The number of rotatable bonds is 5. The highest BCUT2D eigenvalue weighted by Gasteiger charge is 2.15. The van der Waals surface area contributed by atoms with E-state index >= 15 is 0 Å². The molecule has 0 radical (unpaired) electrons. The van der Waals surface area contributed by atoms with Crippen LogP contribution in [0.3, 0.4) is 0 Å². The largest absolute Gasteiger partial charge is 0.372 e. The molecular formula is C13H15N7O3. The Morgan fingerprint density at radius 3 is 2.74 bits per heavy atom. The number of anilines is 2. The molecule has 10 nitrogen and oxygen atoms in total. The van der Waals surface area contributed by atoms with E-state index in [1.165, 1.54) is 19.2 Å². The molecule has 0 unspecified atom stereocenters. The van der Waals surface area contributed by atoms with Crippen molar-refractivity contribution in [3.05, 3.63) is 49.9 Å². The normalized spacial score (nSPS) is 10.7. The third kappa shape index (κ3) is 3.87. The lowest BCUT2D eigenvalue weighted by molar-refractivity contribution is -0.384. The van der Waals surface area contributed by atoms with Gasteiger partial charge >= 0.3 is 0 Å². The van der Waals surface area contributed by atoms with Crippen LogP contribution in [0.5, 0.6) is 0 Å². The van der Waals surface area contributed by atoms with E-state index in [0.29, 0.717) is 11.3 Å². The van der Waals surface area contributed by atoms with Gasteiger partial charge in [-0.05, 0) is 13.0 Å². The predicted octanol–water partition coefficient (Wildman–Crippen LogP) is 0.894. The third-order valence-corrected chi connectivity index (χ3v) is 2.92. The highest BCUT2D eigenvalue weighted by molar-refractivity contribution is 5.83. The van der Waals surface area contributed by atoms with Crippen molar-refractivity contribution >= 4 is 23.5 Å². The lowest BCUT2D eigenvalue weighted by atomic mass is 10.2. The van der Waals surface area contributed by atoms with Gasteiger partial charge in [0, 0.05) is 25.7 Å². The molecule has 0 aliphatic heterocycles. The zero-order valence-electron chi connectivity index (χ0n) is 12.8. The molecule has 0 fully saturated rings. The van der Waals surface area contributed by atoms with E-state index in [1.54, 1.807) is 31.1 Å². The molecule has 0 saturated carbocycles. The number of benzene rings is 1. The first-order valence-electron chi connectivity index (χ1n) is 6.57. The van der Waals surface area contributed by atoms with E-state index in [9.17, 15) is 14.9 Å². The van der Waals surface area contributed by atoms with Crippen molar-refractivity contribution in [2.45, 2.75) is 6.92 Å². The predicted molar refractivity (Wildman–Crippen MR) is 86.0 cm³/mol. The Morgan fingerprint density at radius 2 is 2.13 bits per heavy atom. The van der Waals surface area contributed by atoms with Gasteiger partial charge < -0.3 is 4.90 Å². The average molecular weight is 317 g/mol. The molecule has 0 saturated heterocycles. The monoisotopic (exact) mass is 317 g/mol. The number of aryl methyl sites for hydroxylation is 1. The molecule has 0 atom stereocenters. The van der Waals surface area contributed by atoms with E-state index in [1.807, 2.05) is 0 Å². The Hall–Kier alpha value is -3.30. The zero-order valence-corrected chi connectivity index (χ0v) is 12.8. The average Bonchev–Trinajstić information content (AvgIpc) is 2.50. The summed E-state index contributed by atoms with van der Waals surface area (Å²) in [6.07, 6.45) is 1.38. The summed E-state index contributed by atoms with van der Waals surface area (Å²) in [6.45, 7) is 1.53. The molecular weight excluding hydrogens is 302 g/mol. The minimum absolute atomic E-state index is 0.0255. The van der Waals surface area contributed by atoms with E-state index in [0.717, 1.165) is 0 Å². The van der Waals surface area contributed by atoms with Crippen LogP contribution in [0.15, 0.2) is 28.1 Å². The molecule has 23 heavy (non-hydrogen) atoms. The summed E-state index contributed by atoms with van der Waals surface area (Å²) in [5.74, 6) is 0.0799. The molecule has 10 heteroatoms. The Kier molecular flexibility index (Phi) is 4.64. The van der Waals surface area contributed by atoms with Gasteiger partial charge in [-0.15, -0.1) is 10.2 Å². The van der Waals surface area contributed by atoms with Gasteiger partial charge in [0.05, 0.1) is 11.1 Å². The summed E-state index contributed by atoms with van der Waals surface area (Å²) in [6, 6.07) is 4.73. The first-order valence-corrected chi connectivity index (χ1v) is 6.57. The molecule has 2 N–H and O–H groups in total. The fourth-order valence-electron chi connectivity index (χ4n) is 1.76. The van der Waals surface area contributed by atoms with Crippen LogP contribution in [-0.4, -0.2) is 40.4 Å². The highest BCUT2D eigenvalue weighted by Crippen LogP contribution is 2.27. The van der Waals surface area contributed by atoms with Crippen molar-refractivity contribution in [2.75, 3.05) is 24.4 Å². The summed E-state index contributed by atoms with van der Waals surface area (Å²) < 4.78 is 0. The van der Waals surface area contributed by atoms with Crippen LogP contribution >= 0.6 is 0 Å². The van der Waals surface area contributed by atoms with Gasteiger partial charge in [0.15, 0.2) is 0 Å². The number of nitro benzene ring substituents is 1. The molecule has 0 aliphatic rings. The maximum Gasteiger partial charge on any atom is 0.293 e. The molecule has 1 aromatic carbocycles. The number of hydrogen-bond acceptors (Lipinski definition) is 8. The van der Waals surface area contributed by atoms with Crippen molar-refractivity contribution in [3.63, 3.8) is 0 Å². The van der Waals surface area contributed by atoms with E-state index in [2.05, 4.69) is 25.7 Å². The molecule has 0 amide bonds. The van der Waals surface area contributed by atoms with E-state index < -0.39 is 4.92 Å². The lowest BCUT2D eigenvalue weighted by Gasteiger charge is -2.12. The second-order valence-electron chi connectivity index (χ2n) is 4.86. The van der Waals surface area contributed by atoms with Crippen LogP contribution < -0.4 is 15.9 Å². The Balaban J connectivity index is 2.19. The molecule has 2 aromatic rings. The summed E-state index contributed by atoms with van der Waals surface area (Å²) in [4.78, 5) is 26.1. The Bertz CT molecular complexity index is 813. The van der Waals surface area contributed by atoms with Crippen molar-refractivity contribution in [2.24, 2.45) is 5.10 Å². The second kappa shape index (κ2) is 6.64. The molecule has 0 bridgehead atoms. The molecule has 1 heterocycles. The van der Waals surface area contributed by atoms with Crippen molar-refractivity contribution < 1.29 is 4.92 Å². The second-order valence-corrected chi connectivity index (χ2v) is 4.86. The standard InChI is InChI=1S/C13H15N7O3/c1-8-12(21)15-13(18-16-8)17-14-7-9-4-5-10(19(2)3)11(6-9)20(22)23/h4-7H,1-3H3,(H2,15,17,18,21)/b14-7-. The van der Waals surface area contributed by atoms with Crippen molar-refractivity contribution in [3.8, 4) is 0 Å². The van der Waals surface area contributed by atoms with Gasteiger partial charge in [0.1, 0.15) is 11.4 Å². The van der Waals surface area contributed by atoms with Gasteiger partial charge in [-0.3, -0.25) is 19.9 Å². The summed E-state index contributed by atoms with van der Waals surface area (Å²) >= 11 is 0. The zero-order chi connectivity index (χ0) is 17.0. The minimum atomic E-state index is -0.455. The third-order valence-electron chi connectivity index (χ3n) is 2.92. The van der Waals surface area contributed by atoms with Crippen LogP contribution in [0.25, 0.3) is 0 Å². The molecule has 0 aliphatic carbocycles. The van der Waals surface area contributed by atoms with E-state index in [-0.39, 0.29) is 22.9 Å². The van der Waals surface area contributed by atoms with Gasteiger partial charge in [0.2, 0.25) is 5.95 Å². The molecule has 0 spiro atoms. The number of H-pyrrole nitrogens is 1. The maximum atomic E-state index is 11.4. The lowest BCUT2D eigenvalue weighted by Crippen LogP contribution is -2.15. The SMILES string of the molecule is Cc1nnc(N/N=C\c2ccc(N(C)C)c([N+](=O)[O-])c2)[nH]c1=O. The van der Waals surface area contributed by atoms with Crippen molar-refractivity contribution in [1.82, 2.24) is 15.2 Å². The van der Waals surface area contributed by atoms with Gasteiger partial charge in [0.25, 0.3) is 11.2 Å². The van der Waals surface area contributed by atoms with Crippen LogP contribution in [0.2, 0.25) is 0 Å². The summed E-state index contributed by atoms with van der Waals surface area (Å²) in [5.41, 5.74) is 3.37. The first-order chi connectivity index (χ1) is 10.9. The topological polar surface area (TPSA) is 129 Å². The Morgan fingerprint density at radius 1 is 1.39 bits per heavy atom. The van der Waals surface area contributed by atoms with Crippen molar-refractivity contribution in [1.29, 1.82) is 0 Å². The van der Waals surface area contributed by atoms with Crippen LogP contribution in [0.1, 0.15) is 11.3 Å². The van der Waals surface area contributed by atoms with Crippen LogP contribution in [0, 0.1) is 17.0 Å². The van der Waals surface area contributed by atoms with Crippen LogP contribution in [-0.2, 0) is 0 Å².